The Kier molecular flexibility index (Phi) is 6.89. The molecule has 0 fully saturated rings. The summed E-state index contributed by atoms with van der Waals surface area (Å²) in [5, 5.41) is 7.83. The zero-order valence-corrected chi connectivity index (χ0v) is 17.2. The third-order valence-electron chi connectivity index (χ3n) is 3.86. The number of anilines is 1. The predicted molar refractivity (Wildman–Crippen MR) is 124 cm³/mol. The molecule has 5 nitrogen and oxygen atoms in total. The van der Waals surface area contributed by atoms with E-state index in [-0.39, 0.29) is 17.4 Å². The van der Waals surface area contributed by atoms with E-state index in [4.69, 9.17) is 17.0 Å². The van der Waals surface area contributed by atoms with Crippen LogP contribution in [0.2, 0.25) is 0 Å². The van der Waals surface area contributed by atoms with Crippen LogP contribution in [-0.4, -0.2) is 16.0 Å². The molecule has 29 heavy (non-hydrogen) atoms. The largest absolute Gasteiger partial charge is 0.456 e. The average molecular weight is 422 g/mol. The number of pyridine rings is 1. The molecule has 2 N–H and O–H groups in total. The number of rotatable bonds is 7. The van der Waals surface area contributed by atoms with Crippen molar-refractivity contribution in [2.45, 2.75) is 6.42 Å². The molecule has 0 aliphatic rings. The van der Waals surface area contributed by atoms with Gasteiger partial charge in [0, 0.05) is 18.0 Å². The normalized spacial score (nSPS) is 11.0. The molecule has 0 aliphatic heterocycles. The molecule has 7 heteroatoms. The number of fused-ring (bicyclic) bond motifs is 1. The minimum absolute atomic E-state index is 0.174. The van der Waals surface area contributed by atoms with Gasteiger partial charge in [0.25, 0.3) is 0 Å². The Labute approximate surface area is 178 Å². The topological polar surface area (TPSA) is 63.2 Å². The standard InChI is InChI=1S/C22H19N3O2S2/c1-3-5-15(4-2)14-20(26)25-22(28)24-16-6-8-17(9-7-16)27-19-10-12-23-18-11-13-29-21(18)19/h3-13H,1-2,14H2,(H2,24,25,26,28)/b15-5+. The number of nitrogens with zero attached hydrogens (tertiary/aromatic N) is 1. The van der Waals surface area contributed by atoms with Crippen molar-refractivity contribution in [2.24, 2.45) is 0 Å². The van der Waals surface area contributed by atoms with Gasteiger partial charge in [-0.15, -0.1) is 11.3 Å². The summed E-state index contributed by atoms with van der Waals surface area (Å²) >= 11 is 6.79. The Morgan fingerprint density at radius 1 is 1.21 bits per heavy atom. The molecule has 3 aromatic rings. The lowest BCUT2D eigenvalue weighted by Gasteiger charge is -2.11. The highest BCUT2D eigenvalue weighted by molar-refractivity contribution is 7.80. The maximum Gasteiger partial charge on any atom is 0.230 e. The van der Waals surface area contributed by atoms with Crippen molar-refractivity contribution in [3.63, 3.8) is 0 Å². The first kappa shape index (κ1) is 20.4. The lowest BCUT2D eigenvalue weighted by Crippen LogP contribution is -2.34. The SMILES string of the molecule is C=C/C=C(\C=C)CC(=O)NC(=S)Nc1ccc(Oc2ccnc3ccsc23)cc1. The van der Waals surface area contributed by atoms with Crippen LogP contribution in [0.3, 0.4) is 0 Å². The number of amides is 1. The van der Waals surface area contributed by atoms with Crippen LogP contribution in [0.4, 0.5) is 5.69 Å². The molecule has 0 spiro atoms. The van der Waals surface area contributed by atoms with Gasteiger partial charge in [-0.3, -0.25) is 9.78 Å². The molecule has 0 aliphatic carbocycles. The van der Waals surface area contributed by atoms with Gasteiger partial charge < -0.3 is 15.4 Å². The molecule has 0 saturated carbocycles. The minimum Gasteiger partial charge on any atom is -0.456 e. The third-order valence-corrected chi connectivity index (χ3v) is 4.98. The third kappa shape index (κ3) is 5.60. The number of carbonyl (C=O) groups excluding carboxylic acids is 1. The van der Waals surface area contributed by atoms with Crippen molar-refractivity contribution in [1.82, 2.24) is 10.3 Å². The number of aromatic nitrogens is 1. The molecule has 2 heterocycles. The van der Waals surface area contributed by atoms with E-state index >= 15 is 0 Å². The van der Waals surface area contributed by atoms with Crippen molar-refractivity contribution in [3.8, 4) is 11.5 Å². The van der Waals surface area contributed by atoms with Gasteiger partial charge in [0.05, 0.1) is 16.6 Å². The first-order chi connectivity index (χ1) is 14.1. The maximum absolute atomic E-state index is 12.0. The molecule has 146 valence electrons. The van der Waals surface area contributed by atoms with Crippen LogP contribution in [0, 0.1) is 0 Å². The monoisotopic (exact) mass is 421 g/mol. The summed E-state index contributed by atoms with van der Waals surface area (Å²) in [6.07, 6.45) is 6.86. The quantitative estimate of drug-likeness (QED) is 0.385. The number of ether oxygens (including phenoxy) is 1. The van der Waals surface area contributed by atoms with E-state index in [1.54, 1.807) is 35.8 Å². The van der Waals surface area contributed by atoms with Crippen molar-refractivity contribution in [3.05, 3.63) is 84.9 Å². The molecule has 0 bridgehead atoms. The summed E-state index contributed by atoms with van der Waals surface area (Å²) in [5.41, 5.74) is 2.41. The van der Waals surface area contributed by atoms with Gasteiger partial charge in [0.15, 0.2) is 5.11 Å². The first-order valence-electron chi connectivity index (χ1n) is 8.74. The number of thiophene rings is 1. The van der Waals surface area contributed by atoms with E-state index in [2.05, 4.69) is 28.8 Å². The molecule has 1 aromatic carbocycles. The van der Waals surface area contributed by atoms with E-state index in [1.807, 2.05) is 41.8 Å². The molecule has 0 radical (unpaired) electrons. The fraction of sp³-hybridized carbons (Fsp3) is 0.0455. The number of carbonyl (C=O) groups is 1. The van der Waals surface area contributed by atoms with Gasteiger partial charge in [0.1, 0.15) is 11.5 Å². The highest BCUT2D eigenvalue weighted by Crippen LogP contribution is 2.32. The van der Waals surface area contributed by atoms with Crippen LogP contribution in [0.5, 0.6) is 11.5 Å². The molecule has 1 amide bonds. The molecule has 0 unspecified atom stereocenters. The Morgan fingerprint density at radius 3 is 2.72 bits per heavy atom. The van der Waals surface area contributed by atoms with Gasteiger partial charge in [0.2, 0.25) is 5.91 Å². The number of hydrogen-bond acceptors (Lipinski definition) is 5. The average Bonchev–Trinajstić information content (AvgIpc) is 3.19. The number of hydrogen-bond donors (Lipinski definition) is 2. The van der Waals surface area contributed by atoms with Crippen LogP contribution < -0.4 is 15.4 Å². The highest BCUT2D eigenvalue weighted by Gasteiger charge is 2.08. The van der Waals surface area contributed by atoms with Gasteiger partial charge in [-0.25, -0.2) is 0 Å². The Balaban J connectivity index is 1.57. The van der Waals surface area contributed by atoms with Crippen LogP contribution in [-0.2, 0) is 4.79 Å². The van der Waals surface area contributed by atoms with Gasteiger partial charge >= 0.3 is 0 Å². The summed E-state index contributed by atoms with van der Waals surface area (Å²) in [6.45, 7) is 7.28. The van der Waals surface area contributed by atoms with Crippen molar-refractivity contribution < 1.29 is 9.53 Å². The van der Waals surface area contributed by atoms with E-state index in [0.29, 0.717) is 5.75 Å². The maximum atomic E-state index is 12.0. The molecule has 2 aromatic heterocycles. The lowest BCUT2D eigenvalue weighted by atomic mass is 10.1. The summed E-state index contributed by atoms with van der Waals surface area (Å²) in [7, 11) is 0. The predicted octanol–water partition coefficient (Wildman–Crippen LogP) is 5.59. The molecule has 0 saturated heterocycles. The molecule has 3 rings (SSSR count). The van der Waals surface area contributed by atoms with E-state index in [1.165, 1.54) is 0 Å². The molecular formula is C22H19N3O2S2. The smallest absolute Gasteiger partial charge is 0.230 e. The summed E-state index contributed by atoms with van der Waals surface area (Å²) in [4.78, 5) is 16.3. The van der Waals surface area contributed by atoms with Gasteiger partial charge in [-0.2, -0.15) is 0 Å². The lowest BCUT2D eigenvalue weighted by molar-refractivity contribution is -0.118. The Hall–Kier alpha value is -3.29. The number of thiocarbonyl (C=S) groups is 1. The van der Waals surface area contributed by atoms with Crippen LogP contribution in [0.15, 0.2) is 84.9 Å². The van der Waals surface area contributed by atoms with Crippen molar-refractivity contribution in [2.75, 3.05) is 5.32 Å². The van der Waals surface area contributed by atoms with Crippen LogP contribution in [0.1, 0.15) is 6.42 Å². The van der Waals surface area contributed by atoms with Crippen LogP contribution >= 0.6 is 23.6 Å². The van der Waals surface area contributed by atoms with Gasteiger partial charge in [-0.1, -0.05) is 31.4 Å². The second-order valence-corrected chi connectivity index (χ2v) is 7.26. The number of allylic oxidation sites excluding steroid dienone is 3. The second kappa shape index (κ2) is 9.77. The van der Waals surface area contributed by atoms with Crippen LogP contribution in [0.25, 0.3) is 10.2 Å². The Bertz CT molecular complexity index is 1080. The fourth-order valence-electron chi connectivity index (χ4n) is 2.53. The summed E-state index contributed by atoms with van der Waals surface area (Å²) < 4.78 is 6.97. The second-order valence-electron chi connectivity index (χ2n) is 5.93. The fourth-order valence-corrected chi connectivity index (χ4v) is 3.56. The van der Waals surface area contributed by atoms with Gasteiger partial charge in [-0.05, 0) is 53.5 Å². The van der Waals surface area contributed by atoms with Crippen molar-refractivity contribution in [1.29, 1.82) is 0 Å². The summed E-state index contributed by atoms with van der Waals surface area (Å²) in [5.74, 6) is 1.23. The number of benzene rings is 1. The zero-order chi connectivity index (χ0) is 20.6. The Morgan fingerprint density at radius 2 is 2.00 bits per heavy atom. The van der Waals surface area contributed by atoms with E-state index < -0.39 is 0 Å². The molecular weight excluding hydrogens is 402 g/mol. The van der Waals surface area contributed by atoms with E-state index in [9.17, 15) is 4.79 Å². The minimum atomic E-state index is -0.229. The van der Waals surface area contributed by atoms with Crippen molar-refractivity contribution >= 4 is 50.5 Å². The highest BCUT2D eigenvalue weighted by atomic mass is 32.1. The van der Waals surface area contributed by atoms with E-state index in [0.717, 1.165) is 27.2 Å². The number of nitrogens with one attached hydrogen (secondary N) is 2. The first-order valence-corrected chi connectivity index (χ1v) is 10.0. The molecule has 0 atom stereocenters. The summed E-state index contributed by atoms with van der Waals surface area (Å²) in [6, 6.07) is 11.1. The zero-order valence-electron chi connectivity index (χ0n) is 15.6.